The van der Waals surface area contributed by atoms with Crippen molar-refractivity contribution < 1.29 is 8.42 Å². The predicted molar refractivity (Wildman–Crippen MR) is 84.1 cm³/mol. The first kappa shape index (κ1) is 14.6. The third kappa shape index (κ3) is 2.95. The monoisotopic (exact) mass is 317 g/mol. The van der Waals surface area contributed by atoms with Gasteiger partial charge in [-0.3, -0.25) is 0 Å². The molecule has 0 saturated heterocycles. The van der Waals surface area contributed by atoms with Crippen LogP contribution in [0.3, 0.4) is 0 Å². The number of sulfonamides is 1. The van der Waals surface area contributed by atoms with E-state index in [1.165, 1.54) is 12.1 Å². The van der Waals surface area contributed by atoms with E-state index in [0.29, 0.717) is 11.0 Å². The first-order chi connectivity index (χ1) is 10.4. The fourth-order valence-electron chi connectivity index (χ4n) is 2.15. The Morgan fingerprint density at radius 2 is 1.68 bits per heavy atom. The Morgan fingerprint density at radius 3 is 2.41 bits per heavy atom. The van der Waals surface area contributed by atoms with Gasteiger partial charge in [0.15, 0.2) is 0 Å². The third-order valence-corrected chi connectivity index (χ3v) is 4.78. The van der Waals surface area contributed by atoms with Gasteiger partial charge >= 0.3 is 5.69 Å². The first-order valence-electron chi connectivity index (χ1n) is 6.71. The molecule has 1 heterocycles. The van der Waals surface area contributed by atoms with E-state index in [1.807, 2.05) is 31.2 Å². The van der Waals surface area contributed by atoms with Crippen LogP contribution < -0.4 is 10.4 Å². The molecule has 3 rings (SSSR count). The van der Waals surface area contributed by atoms with Crippen LogP contribution in [0.25, 0.3) is 11.0 Å². The molecule has 3 N–H and O–H groups in total. The molecular weight excluding hydrogens is 302 g/mol. The van der Waals surface area contributed by atoms with E-state index >= 15 is 0 Å². The second-order valence-corrected chi connectivity index (χ2v) is 6.86. The highest BCUT2D eigenvalue weighted by molar-refractivity contribution is 7.89. The van der Waals surface area contributed by atoms with Crippen LogP contribution in [0.1, 0.15) is 11.1 Å². The van der Waals surface area contributed by atoms with E-state index < -0.39 is 10.0 Å². The second kappa shape index (κ2) is 5.43. The van der Waals surface area contributed by atoms with Crippen molar-refractivity contribution in [2.75, 3.05) is 0 Å². The summed E-state index contributed by atoms with van der Waals surface area (Å²) >= 11 is 0. The zero-order valence-corrected chi connectivity index (χ0v) is 12.7. The standard InChI is InChI=1S/C15H15N3O3S/c1-10-2-4-11(5-3-10)9-16-22(20,21)12-6-7-13-14(8-12)18-15(19)17-13/h2-8,16H,9H2,1H3,(H2,17,18,19). The molecule has 3 aromatic rings. The summed E-state index contributed by atoms with van der Waals surface area (Å²) in [5.41, 5.74) is 2.67. The van der Waals surface area contributed by atoms with Gasteiger partial charge in [-0.1, -0.05) is 29.8 Å². The average Bonchev–Trinajstić information content (AvgIpc) is 2.86. The van der Waals surface area contributed by atoms with Crippen molar-refractivity contribution in [3.63, 3.8) is 0 Å². The van der Waals surface area contributed by atoms with E-state index in [9.17, 15) is 13.2 Å². The highest BCUT2D eigenvalue weighted by Gasteiger charge is 2.14. The number of rotatable bonds is 4. The van der Waals surface area contributed by atoms with Gasteiger partial charge in [0.25, 0.3) is 0 Å². The molecule has 0 spiro atoms. The number of aromatic nitrogens is 2. The Bertz CT molecular complexity index is 969. The maximum Gasteiger partial charge on any atom is 0.323 e. The van der Waals surface area contributed by atoms with E-state index in [1.54, 1.807) is 6.07 Å². The average molecular weight is 317 g/mol. The van der Waals surface area contributed by atoms with Crippen LogP contribution in [0.2, 0.25) is 0 Å². The van der Waals surface area contributed by atoms with Crippen LogP contribution in [0.4, 0.5) is 0 Å². The zero-order valence-electron chi connectivity index (χ0n) is 11.9. The van der Waals surface area contributed by atoms with E-state index in [-0.39, 0.29) is 17.1 Å². The Balaban J connectivity index is 1.84. The molecule has 0 fully saturated rings. The normalized spacial score (nSPS) is 11.9. The number of H-pyrrole nitrogens is 2. The van der Waals surface area contributed by atoms with Gasteiger partial charge in [0.05, 0.1) is 15.9 Å². The number of aryl methyl sites for hydroxylation is 1. The molecule has 0 amide bonds. The molecule has 22 heavy (non-hydrogen) atoms. The van der Waals surface area contributed by atoms with Crippen LogP contribution in [0.15, 0.2) is 52.2 Å². The molecule has 0 radical (unpaired) electrons. The lowest BCUT2D eigenvalue weighted by molar-refractivity contribution is 0.581. The van der Waals surface area contributed by atoms with Gasteiger partial charge in [-0.05, 0) is 30.7 Å². The van der Waals surface area contributed by atoms with Crippen molar-refractivity contribution >= 4 is 21.1 Å². The van der Waals surface area contributed by atoms with Crippen LogP contribution in [0.5, 0.6) is 0 Å². The van der Waals surface area contributed by atoms with E-state index in [4.69, 9.17) is 0 Å². The maximum absolute atomic E-state index is 12.3. The number of nitrogens with one attached hydrogen (secondary N) is 3. The number of imidazole rings is 1. The van der Waals surface area contributed by atoms with Gasteiger partial charge in [0, 0.05) is 6.54 Å². The van der Waals surface area contributed by atoms with Gasteiger partial charge in [-0.15, -0.1) is 0 Å². The molecular formula is C15H15N3O3S. The molecule has 0 atom stereocenters. The fraction of sp³-hybridized carbons (Fsp3) is 0.133. The Kier molecular flexibility index (Phi) is 3.59. The number of fused-ring (bicyclic) bond motifs is 1. The lowest BCUT2D eigenvalue weighted by Crippen LogP contribution is -2.23. The van der Waals surface area contributed by atoms with Crippen LogP contribution >= 0.6 is 0 Å². The summed E-state index contributed by atoms with van der Waals surface area (Å²) < 4.78 is 27.2. The lowest BCUT2D eigenvalue weighted by atomic mass is 10.2. The van der Waals surface area contributed by atoms with Gasteiger partial charge in [-0.25, -0.2) is 17.9 Å². The van der Waals surface area contributed by atoms with Gasteiger partial charge in [0.2, 0.25) is 10.0 Å². The molecule has 1 aromatic heterocycles. The molecule has 2 aromatic carbocycles. The van der Waals surface area contributed by atoms with Crippen LogP contribution in [-0.2, 0) is 16.6 Å². The molecule has 0 aliphatic heterocycles. The minimum atomic E-state index is -3.64. The van der Waals surface area contributed by atoms with Gasteiger partial charge < -0.3 is 9.97 Å². The van der Waals surface area contributed by atoms with Crippen molar-refractivity contribution in [3.05, 3.63) is 64.1 Å². The molecule has 114 valence electrons. The summed E-state index contributed by atoms with van der Waals surface area (Å²) in [4.78, 5) is 16.4. The van der Waals surface area contributed by atoms with Crippen molar-refractivity contribution in [2.45, 2.75) is 18.4 Å². The molecule has 0 aliphatic rings. The molecule has 0 saturated carbocycles. The summed E-state index contributed by atoms with van der Waals surface area (Å²) in [6.45, 7) is 2.19. The SMILES string of the molecule is Cc1ccc(CNS(=O)(=O)c2ccc3[nH]c(=O)[nH]c3c2)cc1. The van der Waals surface area contributed by atoms with Gasteiger partial charge in [-0.2, -0.15) is 0 Å². The Hall–Kier alpha value is -2.38. The number of hydrogen-bond donors (Lipinski definition) is 3. The highest BCUT2D eigenvalue weighted by Crippen LogP contribution is 2.15. The van der Waals surface area contributed by atoms with Crippen LogP contribution in [0, 0.1) is 6.92 Å². The summed E-state index contributed by atoms with van der Waals surface area (Å²) in [5, 5.41) is 0. The summed E-state index contributed by atoms with van der Waals surface area (Å²) in [7, 11) is -3.64. The molecule has 7 heteroatoms. The number of benzene rings is 2. The van der Waals surface area contributed by atoms with E-state index in [0.717, 1.165) is 11.1 Å². The quantitative estimate of drug-likeness (QED) is 0.682. The second-order valence-electron chi connectivity index (χ2n) is 5.10. The third-order valence-electron chi connectivity index (χ3n) is 3.38. The maximum atomic E-state index is 12.3. The van der Waals surface area contributed by atoms with Crippen molar-refractivity contribution in [3.8, 4) is 0 Å². The van der Waals surface area contributed by atoms with Gasteiger partial charge in [0.1, 0.15) is 0 Å². The predicted octanol–water partition coefficient (Wildman–Crippen LogP) is 1.64. The topological polar surface area (TPSA) is 94.8 Å². The number of aromatic amines is 2. The Morgan fingerprint density at radius 1 is 1.00 bits per heavy atom. The lowest BCUT2D eigenvalue weighted by Gasteiger charge is -2.07. The molecule has 0 unspecified atom stereocenters. The molecule has 0 aliphatic carbocycles. The Labute approximate surface area is 127 Å². The largest absolute Gasteiger partial charge is 0.323 e. The minimum Gasteiger partial charge on any atom is -0.306 e. The summed E-state index contributed by atoms with van der Waals surface area (Å²) in [6, 6.07) is 12.1. The summed E-state index contributed by atoms with van der Waals surface area (Å²) in [6.07, 6.45) is 0. The van der Waals surface area contributed by atoms with Crippen molar-refractivity contribution in [2.24, 2.45) is 0 Å². The minimum absolute atomic E-state index is 0.113. The highest BCUT2D eigenvalue weighted by atomic mass is 32.2. The van der Waals surface area contributed by atoms with Crippen molar-refractivity contribution in [1.82, 2.24) is 14.7 Å². The molecule has 0 bridgehead atoms. The van der Waals surface area contributed by atoms with E-state index in [2.05, 4.69) is 14.7 Å². The van der Waals surface area contributed by atoms with Crippen LogP contribution in [-0.4, -0.2) is 18.4 Å². The first-order valence-corrected chi connectivity index (χ1v) is 8.20. The fourth-order valence-corrected chi connectivity index (χ4v) is 3.19. The molecule has 6 nitrogen and oxygen atoms in total. The smallest absolute Gasteiger partial charge is 0.306 e. The zero-order chi connectivity index (χ0) is 15.7. The van der Waals surface area contributed by atoms with Crippen molar-refractivity contribution in [1.29, 1.82) is 0 Å². The summed E-state index contributed by atoms with van der Waals surface area (Å²) in [5.74, 6) is 0. The number of hydrogen-bond acceptors (Lipinski definition) is 3.